The number of anilines is 1. The second-order valence-electron chi connectivity index (χ2n) is 3.79. The molecule has 0 aliphatic carbocycles. The van der Waals surface area contributed by atoms with E-state index in [9.17, 15) is 4.79 Å². The van der Waals surface area contributed by atoms with E-state index in [0.29, 0.717) is 31.4 Å². The van der Waals surface area contributed by atoms with Crippen molar-refractivity contribution in [1.82, 2.24) is 0 Å². The third kappa shape index (κ3) is 3.36. The van der Waals surface area contributed by atoms with Gasteiger partial charge in [0.25, 0.3) is 5.91 Å². The monoisotopic (exact) mass is 331 g/mol. The number of halogens is 2. The number of thiophene rings is 1. The van der Waals surface area contributed by atoms with Crippen LogP contribution in [0.25, 0.3) is 0 Å². The van der Waals surface area contributed by atoms with Crippen LogP contribution < -0.4 is 14.8 Å². The number of methoxy groups -OCH3 is 2. The van der Waals surface area contributed by atoms with Crippen LogP contribution in [0, 0.1) is 0 Å². The van der Waals surface area contributed by atoms with Crippen LogP contribution in [-0.4, -0.2) is 20.1 Å². The molecular formula is C13H11Cl2NO3S. The van der Waals surface area contributed by atoms with Gasteiger partial charge in [-0.25, -0.2) is 0 Å². The Morgan fingerprint density at radius 1 is 1.10 bits per heavy atom. The van der Waals surface area contributed by atoms with E-state index in [1.165, 1.54) is 20.3 Å². The Bertz CT molecular complexity index is 620. The molecule has 7 heteroatoms. The zero-order valence-corrected chi connectivity index (χ0v) is 13.0. The normalized spacial score (nSPS) is 10.2. The lowest BCUT2D eigenvalue weighted by Gasteiger charge is -2.09. The molecule has 20 heavy (non-hydrogen) atoms. The molecule has 2 aromatic rings. The molecule has 1 N–H and O–H groups in total. The Labute approximate surface area is 130 Å². The van der Waals surface area contributed by atoms with Crippen molar-refractivity contribution < 1.29 is 14.3 Å². The summed E-state index contributed by atoms with van der Waals surface area (Å²) >= 11 is 12.9. The molecule has 1 aromatic carbocycles. The van der Waals surface area contributed by atoms with Crippen LogP contribution in [0.1, 0.15) is 10.4 Å². The van der Waals surface area contributed by atoms with Gasteiger partial charge in [0.15, 0.2) is 0 Å². The molecule has 1 aromatic heterocycles. The highest BCUT2D eigenvalue weighted by Gasteiger charge is 2.15. The van der Waals surface area contributed by atoms with Crippen molar-refractivity contribution in [3.63, 3.8) is 0 Å². The molecule has 0 atom stereocenters. The lowest BCUT2D eigenvalue weighted by atomic mass is 10.2. The lowest BCUT2D eigenvalue weighted by molar-refractivity contribution is 0.102. The zero-order valence-electron chi connectivity index (χ0n) is 10.7. The topological polar surface area (TPSA) is 47.6 Å². The fourth-order valence-electron chi connectivity index (χ4n) is 1.57. The van der Waals surface area contributed by atoms with Crippen molar-refractivity contribution in [1.29, 1.82) is 0 Å². The SMILES string of the molecule is COc1cc(NC(=O)c2cc(Cl)sc2Cl)cc(OC)c1. The van der Waals surface area contributed by atoms with Gasteiger partial charge in [0.2, 0.25) is 0 Å². The standard InChI is InChI=1S/C13H11Cl2NO3S/c1-18-8-3-7(4-9(5-8)19-2)16-13(17)10-6-11(14)20-12(10)15/h3-6H,1-2H3,(H,16,17). The molecule has 0 aliphatic heterocycles. The third-order valence-corrected chi connectivity index (χ3v) is 4.00. The summed E-state index contributed by atoms with van der Waals surface area (Å²) in [5, 5.41) is 2.73. The molecule has 0 spiro atoms. The molecule has 1 amide bonds. The summed E-state index contributed by atoms with van der Waals surface area (Å²) < 4.78 is 11.1. The quantitative estimate of drug-likeness (QED) is 0.907. The second kappa shape index (κ2) is 6.35. The molecule has 0 unspecified atom stereocenters. The fourth-order valence-corrected chi connectivity index (χ4v) is 3.03. The predicted octanol–water partition coefficient (Wildman–Crippen LogP) is 4.32. The number of hydrogen-bond donors (Lipinski definition) is 1. The average molecular weight is 332 g/mol. The Morgan fingerprint density at radius 3 is 2.15 bits per heavy atom. The Hall–Kier alpha value is -1.43. The van der Waals surface area contributed by atoms with Gasteiger partial charge in [-0.05, 0) is 6.07 Å². The van der Waals surface area contributed by atoms with E-state index in [4.69, 9.17) is 32.7 Å². The lowest BCUT2D eigenvalue weighted by Crippen LogP contribution is -2.11. The van der Waals surface area contributed by atoms with Crippen molar-refractivity contribution in [2.45, 2.75) is 0 Å². The number of carbonyl (C=O) groups is 1. The molecule has 0 aliphatic rings. The van der Waals surface area contributed by atoms with E-state index in [1.807, 2.05) is 0 Å². The highest BCUT2D eigenvalue weighted by molar-refractivity contribution is 7.20. The minimum atomic E-state index is -0.339. The summed E-state index contributed by atoms with van der Waals surface area (Å²) in [6.07, 6.45) is 0. The first-order chi connectivity index (χ1) is 9.53. The predicted molar refractivity (Wildman–Crippen MR) is 81.8 cm³/mol. The van der Waals surface area contributed by atoms with Crippen LogP contribution in [0.3, 0.4) is 0 Å². The summed E-state index contributed by atoms with van der Waals surface area (Å²) in [5.41, 5.74) is 0.882. The summed E-state index contributed by atoms with van der Waals surface area (Å²) in [6, 6.07) is 6.61. The number of carbonyl (C=O) groups excluding carboxylic acids is 1. The number of amides is 1. The van der Waals surface area contributed by atoms with Crippen LogP contribution in [0.5, 0.6) is 11.5 Å². The van der Waals surface area contributed by atoms with Crippen molar-refractivity contribution in [2.75, 3.05) is 19.5 Å². The number of rotatable bonds is 4. The molecule has 0 fully saturated rings. The van der Waals surface area contributed by atoms with Gasteiger partial charge in [-0.15, -0.1) is 11.3 Å². The summed E-state index contributed by atoms with van der Waals surface area (Å²) in [6.45, 7) is 0. The highest BCUT2D eigenvalue weighted by atomic mass is 35.5. The minimum absolute atomic E-state index is 0.337. The first-order valence-corrected chi connectivity index (χ1v) is 7.10. The van der Waals surface area contributed by atoms with Crippen LogP contribution in [0.2, 0.25) is 8.67 Å². The van der Waals surface area contributed by atoms with Crippen LogP contribution in [0.4, 0.5) is 5.69 Å². The van der Waals surface area contributed by atoms with Crippen LogP contribution >= 0.6 is 34.5 Å². The highest BCUT2D eigenvalue weighted by Crippen LogP contribution is 2.32. The average Bonchev–Trinajstić information content (AvgIpc) is 2.77. The first kappa shape index (κ1) is 15.0. The second-order valence-corrected chi connectivity index (χ2v) is 6.08. The molecule has 106 valence electrons. The van der Waals surface area contributed by atoms with Gasteiger partial charge in [-0.2, -0.15) is 0 Å². The molecule has 0 bridgehead atoms. The van der Waals surface area contributed by atoms with Crippen LogP contribution in [0.15, 0.2) is 24.3 Å². The van der Waals surface area contributed by atoms with E-state index in [-0.39, 0.29) is 5.91 Å². The van der Waals surface area contributed by atoms with Crippen molar-refractivity contribution in [2.24, 2.45) is 0 Å². The zero-order chi connectivity index (χ0) is 14.7. The summed E-state index contributed by atoms with van der Waals surface area (Å²) in [5.74, 6) is 0.816. The van der Waals surface area contributed by atoms with Gasteiger partial charge in [-0.3, -0.25) is 4.79 Å². The molecule has 2 rings (SSSR count). The fraction of sp³-hybridized carbons (Fsp3) is 0.154. The molecule has 0 saturated heterocycles. The Kier molecular flexibility index (Phi) is 4.75. The van der Waals surface area contributed by atoms with Gasteiger partial charge >= 0.3 is 0 Å². The van der Waals surface area contributed by atoms with Crippen molar-refractivity contribution in [3.05, 3.63) is 38.5 Å². The summed E-state index contributed by atoms with van der Waals surface area (Å²) in [4.78, 5) is 12.1. The molecule has 4 nitrogen and oxygen atoms in total. The van der Waals surface area contributed by atoms with Gasteiger partial charge in [-0.1, -0.05) is 23.2 Å². The van der Waals surface area contributed by atoms with Gasteiger partial charge < -0.3 is 14.8 Å². The third-order valence-electron chi connectivity index (χ3n) is 2.51. The Morgan fingerprint density at radius 2 is 1.70 bits per heavy atom. The minimum Gasteiger partial charge on any atom is -0.497 e. The van der Waals surface area contributed by atoms with Gasteiger partial charge in [0.05, 0.1) is 24.1 Å². The number of benzene rings is 1. The number of nitrogens with one attached hydrogen (secondary N) is 1. The van der Waals surface area contributed by atoms with Crippen molar-refractivity contribution >= 4 is 46.1 Å². The van der Waals surface area contributed by atoms with Gasteiger partial charge in [0, 0.05) is 23.9 Å². The Balaban J connectivity index is 2.25. The van der Waals surface area contributed by atoms with E-state index in [2.05, 4.69) is 5.32 Å². The van der Waals surface area contributed by atoms with E-state index < -0.39 is 0 Å². The maximum atomic E-state index is 12.1. The maximum absolute atomic E-state index is 12.1. The number of ether oxygens (including phenoxy) is 2. The van der Waals surface area contributed by atoms with E-state index >= 15 is 0 Å². The largest absolute Gasteiger partial charge is 0.497 e. The molecule has 0 radical (unpaired) electrons. The maximum Gasteiger partial charge on any atom is 0.258 e. The van der Waals surface area contributed by atoms with Gasteiger partial charge in [0.1, 0.15) is 15.8 Å². The molecule has 0 saturated carbocycles. The van der Waals surface area contributed by atoms with Crippen LogP contribution in [-0.2, 0) is 0 Å². The molecule has 1 heterocycles. The number of hydrogen-bond acceptors (Lipinski definition) is 4. The van der Waals surface area contributed by atoms with E-state index in [1.54, 1.807) is 18.2 Å². The first-order valence-electron chi connectivity index (χ1n) is 5.52. The smallest absolute Gasteiger partial charge is 0.258 e. The van der Waals surface area contributed by atoms with Crippen molar-refractivity contribution in [3.8, 4) is 11.5 Å². The van der Waals surface area contributed by atoms with E-state index in [0.717, 1.165) is 11.3 Å². The summed E-state index contributed by atoms with van der Waals surface area (Å²) in [7, 11) is 3.08. The molecular weight excluding hydrogens is 321 g/mol.